The Morgan fingerprint density at radius 2 is 1.88 bits per heavy atom. The molecule has 0 saturated heterocycles. The lowest BCUT2D eigenvalue weighted by Crippen LogP contribution is -2.14. The molecule has 0 aliphatic heterocycles. The fraction of sp³-hybridized carbons (Fsp3) is 0. The van der Waals surface area contributed by atoms with Crippen molar-refractivity contribution in [2.45, 2.75) is 0 Å². The topological polar surface area (TPSA) is 67.8 Å². The summed E-state index contributed by atoms with van der Waals surface area (Å²) in [6.45, 7) is 0. The first kappa shape index (κ1) is 11.8. The van der Waals surface area contributed by atoms with Gasteiger partial charge < -0.3 is 5.32 Å². The molecule has 2 heterocycles. The van der Waals surface area contributed by atoms with Gasteiger partial charge in [-0.1, -0.05) is 23.2 Å². The second-order valence-electron chi connectivity index (χ2n) is 3.04. The molecule has 0 aliphatic rings. The monoisotopic (exact) mass is 268 g/mol. The molecule has 2 rings (SSSR count). The van der Waals surface area contributed by atoms with Crippen LogP contribution in [0.1, 0.15) is 10.5 Å². The molecule has 0 saturated carbocycles. The molecule has 0 radical (unpaired) electrons. The molecule has 0 aliphatic carbocycles. The van der Waals surface area contributed by atoms with Gasteiger partial charge in [0.2, 0.25) is 0 Å². The molecule has 0 unspecified atom stereocenters. The molecular weight excluding hydrogens is 263 g/mol. The van der Waals surface area contributed by atoms with Gasteiger partial charge in [0.15, 0.2) is 5.82 Å². The fourth-order valence-corrected chi connectivity index (χ4v) is 1.28. The Hall–Kier alpha value is -1.72. The number of nitrogens with zero attached hydrogens (tertiary/aromatic N) is 3. The summed E-state index contributed by atoms with van der Waals surface area (Å²) < 4.78 is 0. The van der Waals surface area contributed by atoms with Crippen molar-refractivity contribution in [1.29, 1.82) is 0 Å². The number of hydrogen-bond acceptors (Lipinski definition) is 4. The molecular formula is C10H6Cl2N4O. The van der Waals surface area contributed by atoms with Gasteiger partial charge in [0.25, 0.3) is 5.91 Å². The van der Waals surface area contributed by atoms with Crippen LogP contribution in [0.5, 0.6) is 0 Å². The SMILES string of the molecule is O=C(Nc1cnc(Cl)cn1)c1ccc(Cl)cn1. The summed E-state index contributed by atoms with van der Waals surface area (Å²) in [6.07, 6.45) is 4.09. The van der Waals surface area contributed by atoms with Gasteiger partial charge in [0.1, 0.15) is 10.8 Å². The summed E-state index contributed by atoms with van der Waals surface area (Å²) in [5, 5.41) is 3.25. The quantitative estimate of drug-likeness (QED) is 0.909. The van der Waals surface area contributed by atoms with E-state index in [1.165, 1.54) is 24.7 Å². The third-order valence-corrected chi connectivity index (χ3v) is 2.24. The van der Waals surface area contributed by atoms with Crippen molar-refractivity contribution in [1.82, 2.24) is 15.0 Å². The minimum Gasteiger partial charge on any atom is -0.304 e. The zero-order valence-electron chi connectivity index (χ0n) is 8.39. The first-order chi connectivity index (χ1) is 8.15. The molecule has 17 heavy (non-hydrogen) atoms. The van der Waals surface area contributed by atoms with Crippen molar-refractivity contribution < 1.29 is 4.79 Å². The molecule has 2 aromatic heterocycles. The van der Waals surface area contributed by atoms with Crippen LogP contribution in [0.2, 0.25) is 10.2 Å². The molecule has 0 aromatic carbocycles. The van der Waals surface area contributed by atoms with Gasteiger partial charge in [-0.2, -0.15) is 0 Å². The van der Waals surface area contributed by atoms with Crippen molar-refractivity contribution in [3.8, 4) is 0 Å². The van der Waals surface area contributed by atoms with Crippen LogP contribution in [0, 0.1) is 0 Å². The highest BCUT2D eigenvalue weighted by molar-refractivity contribution is 6.30. The maximum Gasteiger partial charge on any atom is 0.275 e. The standard InChI is InChI=1S/C10H6Cl2N4O/c11-6-1-2-7(13-3-6)10(17)16-9-5-14-8(12)4-15-9/h1-5H,(H,15,16,17). The molecule has 0 spiro atoms. The van der Waals surface area contributed by atoms with Crippen LogP contribution in [-0.2, 0) is 0 Å². The van der Waals surface area contributed by atoms with Crippen LogP contribution in [0.4, 0.5) is 5.82 Å². The Balaban J connectivity index is 2.11. The summed E-state index contributed by atoms with van der Waals surface area (Å²) in [4.78, 5) is 23.2. The predicted octanol–water partition coefficient (Wildman–Crippen LogP) is 2.43. The summed E-state index contributed by atoms with van der Waals surface area (Å²) in [5.41, 5.74) is 0.242. The number of carbonyl (C=O) groups is 1. The molecule has 5 nitrogen and oxygen atoms in total. The van der Waals surface area contributed by atoms with Crippen LogP contribution < -0.4 is 5.32 Å². The first-order valence-corrected chi connectivity index (χ1v) is 5.31. The lowest BCUT2D eigenvalue weighted by Gasteiger charge is -2.02. The van der Waals surface area contributed by atoms with Crippen LogP contribution in [0.25, 0.3) is 0 Å². The highest BCUT2D eigenvalue weighted by Gasteiger charge is 2.08. The Labute approximate surface area is 107 Å². The van der Waals surface area contributed by atoms with E-state index in [1.807, 2.05) is 0 Å². The predicted molar refractivity (Wildman–Crippen MR) is 64.2 cm³/mol. The molecule has 1 amide bonds. The molecule has 1 N–H and O–H groups in total. The van der Waals surface area contributed by atoms with Gasteiger partial charge in [0, 0.05) is 6.20 Å². The highest BCUT2D eigenvalue weighted by Crippen LogP contribution is 2.09. The second-order valence-corrected chi connectivity index (χ2v) is 3.86. The van der Waals surface area contributed by atoms with E-state index in [4.69, 9.17) is 23.2 Å². The zero-order chi connectivity index (χ0) is 12.3. The number of aromatic nitrogens is 3. The summed E-state index contributed by atoms with van der Waals surface area (Å²) in [5.74, 6) is -0.0885. The van der Waals surface area contributed by atoms with Crippen LogP contribution in [0.3, 0.4) is 0 Å². The second kappa shape index (κ2) is 5.07. The van der Waals surface area contributed by atoms with E-state index in [0.717, 1.165) is 0 Å². The number of nitrogens with one attached hydrogen (secondary N) is 1. The zero-order valence-corrected chi connectivity index (χ0v) is 9.90. The molecule has 7 heteroatoms. The van der Waals surface area contributed by atoms with E-state index in [2.05, 4.69) is 20.3 Å². The van der Waals surface area contributed by atoms with Gasteiger partial charge in [-0.25, -0.2) is 15.0 Å². The molecule has 0 bridgehead atoms. The van der Waals surface area contributed by atoms with Gasteiger partial charge in [-0.3, -0.25) is 4.79 Å². The van der Waals surface area contributed by atoms with E-state index in [1.54, 1.807) is 6.07 Å². The largest absolute Gasteiger partial charge is 0.304 e. The van der Waals surface area contributed by atoms with Crippen LogP contribution >= 0.6 is 23.2 Å². The van der Waals surface area contributed by atoms with E-state index >= 15 is 0 Å². The third kappa shape index (κ3) is 3.12. The number of hydrogen-bond donors (Lipinski definition) is 1. The van der Waals surface area contributed by atoms with E-state index in [9.17, 15) is 4.79 Å². The summed E-state index contributed by atoms with van der Waals surface area (Å²) in [7, 11) is 0. The molecule has 0 fully saturated rings. The molecule has 0 atom stereocenters. The average molecular weight is 269 g/mol. The number of pyridine rings is 1. The van der Waals surface area contributed by atoms with Crippen molar-refractivity contribution >= 4 is 34.9 Å². The number of halogens is 2. The number of rotatable bonds is 2. The van der Waals surface area contributed by atoms with Gasteiger partial charge in [0.05, 0.1) is 17.4 Å². The Morgan fingerprint density at radius 1 is 1.06 bits per heavy atom. The van der Waals surface area contributed by atoms with Crippen molar-refractivity contribution in [2.75, 3.05) is 5.32 Å². The Morgan fingerprint density at radius 3 is 2.47 bits per heavy atom. The van der Waals surface area contributed by atoms with Gasteiger partial charge in [-0.15, -0.1) is 0 Å². The fourth-order valence-electron chi connectivity index (χ4n) is 1.07. The van der Waals surface area contributed by atoms with Crippen molar-refractivity contribution in [3.05, 3.63) is 46.6 Å². The Kier molecular flexibility index (Phi) is 3.51. The van der Waals surface area contributed by atoms with Crippen LogP contribution in [0.15, 0.2) is 30.7 Å². The van der Waals surface area contributed by atoms with Crippen molar-refractivity contribution in [2.24, 2.45) is 0 Å². The van der Waals surface area contributed by atoms with Crippen LogP contribution in [-0.4, -0.2) is 20.9 Å². The van der Waals surface area contributed by atoms with Gasteiger partial charge in [-0.05, 0) is 12.1 Å². The number of amides is 1. The molecule has 86 valence electrons. The van der Waals surface area contributed by atoms with Crippen molar-refractivity contribution in [3.63, 3.8) is 0 Å². The first-order valence-electron chi connectivity index (χ1n) is 4.55. The maximum atomic E-state index is 11.7. The minimum atomic E-state index is -0.390. The number of anilines is 1. The van der Waals surface area contributed by atoms with E-state index < -0.39 is 5.91 Å². The lowest BCUT2D eigenvalue weighted by atomic mass is 10.3. The Bertz CT molecular complexity index is 527. The molecule has 2 aromatic rings. The summed E-state index contributed by atoms with van der Waals surface area (Å²) >= 11 is 11.2. The average Bonchev–Trinajstić information content (AvgIpc) is 2.33. The maximum absolute atomic E-state index is 11.7. The number of carbonyl (C=O) groups excluding carboxylic acids is 1. The summed E-state index contributed by atoms with van der Waals surface area (Å²) in [6, 6.07) is 3.10. The van der Waals surface area contributed by atoms with E-state index in [-0.39, 0.29) is 10.8 Å². The smallest absolute Gasteiger partial charge is 0.275 e. The third-order valence-electron chi connectivity index (χ3n) is 1.82. The van der Waals surface area contributed by atoms with E-state index in [0.29, 0.717) is 10.8 Å². The lowest BCUT2D eigenvalue weighted by molar-refractivity contribution is 0.102. The highest BCUT2D eigenvalue weighted by atomic mass is 35.5. The minimum absolute atomic E-state index is 0.242. The normalized spacial score (nSPS) is 10.0. The van der Waals surface area contributed by atoms with Gasteiger partial charge >= 0.3 is 0 Å².